The Morgan fingerprint density at radius 2 is 1.95 bits per heavy atom. The van der Waals surface area contributed by atoms with Crippen LogP contribution in [0.25, 0.3) is 0 Å². The molecule has 1 aromatic rings. The Hall–Kier alpha value is -2.71. The van der Waals surface area contributed by atoms with Crippen LogP contribution in [-0.4, -0.2) is 22.8 Å². The van der Waals surface area contributed by atoms with E-state index in [1.807, 2.05) is 0 Å². The molecule has 0 saturated carbocycles. The number of carbonyl (C=O) groups is 2. The molecular weight excluding hydrogens is 283 g/mol. The van der Waals surface area contributed by atoms with E-state index in [2.05, 4.69) is 5.32 Å². The van der Waals surface area contributed by atoms with E-state index < -0.39 is 45.5 Å². The number of amides is 2. The standard InChI is InChI=1S/C12H15FN4O4/c1-5(2)10(11(15)18)16-12(19)8-6(13)3-4-7(9(8)14)17(20)21/h3-5,10H,14H2,1-2H3,(H2,15,18)(H,16,19). The van der Waals surface area contributed by atoms with Gasteiger partial charge in [-0.25, -0.2) is 4.39 Å². The molecular formula is C12H15FN4O4. The lowest BCUT2D eigenvalue weighted by molar-refractivity contribution is -0.384. The van der Waals surface area contributed by atoms with Crippen molar-refractivity contribution in [3.05, 3.63) is 33.6 Å². The highest BCUT2D eigenvalue weighted by Crippen LogP contribution is 2.27. The monoisotopic (exact) mass is 298 g/mol. The number of nitro groups is 1. The second-order valence-electron chi connectivity index (χ2n) is 4.71. The summed E-state index contributed by atoms with van der Waals surface area (Å²) >= 11 is 0. The summed E-state index contributed by atoms with van der Waals surface area (Å²) in [7, 11) is 0. The summed E-state index contributed by atoms with van der Waals surface area (Å²) in [5, 5.41) is 13.0. The summed E-state index contributed by atoms with van der Waals surface area (Å²) in [5.74, 6) is -3.20. The molecule has 0 bridgehead atoms. The zero-order valence-corrected chi connectivity index (χ0v) is 11.4. The van der Waals surface area contributed by atoms with Gasteiger partial charge in [0.05, 0.1) is 4.92 Å². The minimum atomic E-state index is -1.05. The number of nitro benzene ring substituents is 1. The van der Waals surface area contributed by atoms with Crippen molar-refractivity contribution < 1.29 is 18.9 Å². The van der Waals surface area contributed by atoms with Crippen molar-refractivity contribution in [3.8, 4) is 0 Å². The Morgan fingerprint density at radius 1 is 1.38 bits per heavy atom. The van der Waals surface area contributed by atoms with Crippen molar-refractivity contribution in [3.63, 3.8) is 0 Å². The molecule has 1 rings (SSSR count). The number of nitrogens with two attached hydrogens (primary N) is 2. The molecule has 114 valence electrons. The Bertz CT molecular complexity index is 603. The first-order valence-electron chi connectivity index (χ1n) is 5.99. The molecule has 0 aromatic heterocycles. The minimum absolute atomic E-state index is 0.338. The number of halogens is 1. The van der Waals surface area contributed by atoms with Crippen LogP contribution in [0.15, 0.2) is 12.1 Å². The van der Waals surface area contributed by atoms with Crippen LogP contribution in [0.4, 0.5) is 15.8 Å². The maximum absolute atomic E-state index is 13.7. The van der Waals surface area contributed by atoms with Crippen molar-refractivity contribution >= 4 is 23.2 Å². The van der Waals surface area contributed by atoms with Crippen LogP contribution in [0.5, 0.6) is 0 Å². The number of nitrogens with one attached hydrogen (secondary N) is 1. The number of hydrogen-bond donors (Lipinski definition) is 3. The van der Waals surface area contributed by atoms with Gasteiger partial charge in [0.25, 0.3) is 11.6 Å². The molecule has 0 fully saturated rings. The van der Waals surface area contributed by atoms with Gasteiger partial charge in [-0.1, -0.05) is 13.8 Å². The zero-order valence-electron chi connectivity index (χ0n) is 11.4. The predicted molar refractivity (Wildman–Crippen MR) is 72.8 cm³/mol. The molecule has 2 amide bonds. The van der Waals surface area contributed by atoms with Crippen LogP contribution in [0.1, 0.15) is 24.2 Å². The first-order valence-corrected chi connectivity index (χ1v) is 5.99. The summed E-state index contributed by atoms with van der Waals surface area (Å²) in [6.45, 7) is 3.26. The van der Waals surface area contributed by atoms with Crippen molar-refractivity contribution in [2.75, 3.05) is 5.73 Å². The highest BCUT2D eigenvalue weighted by atomic mass is 19.1. The summed E-state index contributed by atoms with van der Waals surface area (Å²) in [6, 6.07) is 0.573. The predicted octanol–water partition coefficient (Wildman–Crippen LogP) is 0.556. The second-order valence-corrected chi connectivity index (χ2v) is 4.71. The fraction of sp³-hybridized carbons (Fsp3) is 0.333. The van der Waals surface area contributed by atoms with Crippen LogP contribution < -0.4 is 16.8 Å². The summed E-state index contributed by atoms with van der Waals surface area (Å²) in [5.41, 5.74) is 8.70. The smallest absolute Gasteiger partial charge is 0.293 e. The van der Waals surface area contributed by atoms with E-state index in [0.29, 0.717) is 0 Å². The normalized spacial score (nSPS) is 12.0. The van der Waals surface area contributed by atoms with E-state index in [1.165, 1.54) is 0 Å². The topological polar surface area (TPSA) is 141 Å². The highest BCUT2D eigenvalue weighted by molar-refractivity contribution is 6.03. The molecule has 0 spiro atoms. The molecule has 0 saturated heterocycles. The average molecular weight is 298 g/mol. The SMILES string of the molecule is CC(C)C(NC(=O)c1c(F)ccc([N+](=O)[O-])c1N)C(N)=O. The van der Waals surface area contributed by atoms with Crippen LogP contribution in [-0.2, 0) is 4.79 Å². The van der Waals surface area contributed by atoms with E-state index in [-0.39, 0.29) is 5.92 Å². The van der Waals surface area contributed by atoms with Gasteiger partial charge in [-0.2, -0.15) is 0 Å². The fourth-order valence-electron chi connectivity index (χ4n) is 1.75. The Morgan fingerprint density at radius 3 is 2.38 bits per heavy atom. The number of anilines is 1. The minimum Gasteiger partial charge on any atom is -0.392 e. The van der Waals surface area contributed by atoms with Crippen LogP contribution in [0.2, 0.25) is 0 Å². The Kier molecular flexibility index (Phi) is 4.79. The van der Waals surface area contributed by atoms with Gasteiger partial charge in [0.2, 0.25) is 5.91 Å². The van der Waals surface area contributed by atoms with Crippen LogP contribution in [0.3, 0.4) is 0 Å². The number of primary amides is 1. The third-order valence-corrected chi connectivity index (χ3v) is 2.86. The van der Waals surface area contributed by atoms with Crippen LogP contribution in [0, 0.1) is 21.8 Å². The summed E-state index contributed by atoms with van der Waals surface area (Å²) < 4.78 is 13.7. The van der Waals surface area contributed by atoms with Gasteiger partial charge in [0.15, 0.2) is 0 Å². The number of nitrogens with zero attached hydrogens (tertiary/aromatic N) is 1. The van der Waals surface area contributed by atoms with E-state index >= 15 is 0 Å². The molecule has 0 aliphatic rings. The molecule has 1 atom stereocenters. The van der Waals surface area contributed by atoms with Gasteiger partial charge in [0.1, 0.15) is 23.1 Å². The summed E-state index contributed by atoms with van der Waals surface area (Å²) in [6.07, 6.45) is 0. The molecule has 1 unspecified atom stereocenters. The maximum Gasteiger partial charge on any atom is 0.293 e. The number of benzene rings is 1. The van der Waals surface area contributed by atoms with Gasteiger partial charge in [0, 0.05) is 6.07 Å². The first-order chi connectivity index (χ1) is 9.66. The fourth-order valence-corrected chi connectivity index (χ4v) is 1.75. The Labute approximate surface area is 119 Å². The van der Waals surface area contributed by atoms with Gasteiger partial charge in [-0.15, -0.1) is 0 Å². The average Bonchev–Trinajstić information content (AvgIpc) is 2.34. The highest BCUT2D eigenvalue weighted by Gasteiger charge is 2.28. The largest absolute Gasteiger partial charge is 0.392 e. The van der Waals surface area contributed by atoms with Crippen molar-refractivity contribution in [1.82, 2.24) is 5.32 Å². The lowest BCUT2D eigenvalue weighted by atomic mass is 10.0. The lowest BCUT2D eigenvalue weighted by Crippen LogP contribution is -2.48. The number of rotatable bonds is 5. The van der Waals surface area contributed by atoms with Gasteiger partial charge in [-0.05, 0) is 12.0 Å². The Balaban J connectivity index is 3.21. The van der Waals surface area contributed by atoms with Crippen molar-refractivity contribution in [2.45, 2.75) is 19.9 Å². The van der Waals surface area contributed by atoms with E-state index in [4.69, 9.17) is 11.5 Å². The zero-order chi connectivity index (χ0) is 16.3. The van der Waals surface area contributed by atoms with E-state index in [0.717, 1.165) is 12.1 Å². The molecule has 21 heavy (non-hydrogen) atoms. The molecule has 0 aliphatic carbocycles. The number of carbonyl (C=O) groups excluding carboxylic acids is 2. The maximum atomic E-state index is 13.7. The summed E-state index contributed by atoms with van der Waals surface area (Å²) in [4.78, 5) is 33.2. The van der Waals surface area contributed by atoms with Gasteiger partial charge >= 0.3 is 0 Å². The van der Waals surface area contributed by atoms with E-state index in [1.54, 1.807) is 13.8 Å². The van der Waals surface area contributed by atoms with Crippen LogP contribution >= 0.6 is 0 Å². The quantitative estimate of drug-likeness (QED) is 0.413. The lowest BCUT2D eigenvalue weighted by Gasteiger charge is -2.19. The molecule has 1 aromatic carbocycles. The van der Waals surface area contributed by atoms with Gasteiger partial charge in [-0.3, -0.25) is 19.7 Å². The van der Waals surface area contributed by atoms with Gasteiger partial charge < -0.3 is 16.8 Å². The first kappa shape index (κ1) is 16.3. The second kappa shape index (κ2) is 6.16. The third-order valence-electron chi connectivity index (χ3n) is 2.86. The van der Waals surface area contributed by atoms with Crippen molar-refractivity contribution in [1.29, 1.82) is 0 Å². The molecule has 8 nitrogen and oxygen atoms in total. The molecule has 0 radical (unpaired) electrons. The molecule has 9 heteroatoms. The molecule has 0 aliphatic heterocycles. The third kappa shape index (κ3) is 3.44. The number of hydrogen-bond acceptors (Lipinski definition) is 5. The molecule has 5 N–H and O–H groups in total. The molecule has 0 heterocycles. The van der Waals surface area contributed by atoms with Crippen molar-refractivity contribution in [2.24, 2.45) is 11.7 Å². The van der Waals surface area contributed by atoms with E-state index in [9.17, 15) is 24.1 Å². The number of nitrogen functional groups attached to an aromatic ring is 1.